The number of alkyl halides is 2. The quantitative estimate of drug-likeness (QED) is 0.695. The van der Waals surface area contributed by atoms with Crippen LogP contribution in [0.3, 0.4) is 0 Å². The molecule has 0 spiro atoms. The van der Waals surface area contributed by atoms with E-state index in [2.05, 4.69) is 15.0 Å². The highest BCUT2D eigenvalue weighted by molar-refractivity contribution is 7.22. The summed E-state index contributed by atoms with van der Waals surface area (Å²) in [4.78, 5) is 16.7. The van der Waals surface area contributed by atoms with E-state index >= 15 is 0 Å². The van der Waals surface area contributed by atoms with Crippen molar-refractivity contribution < 1.29 is 27.8 Å². The van der Waals surface area contributed by atoms with Crippen LogP contribution in [-0.4, -0.2) is 31.7 Å². The summed E-state index contributed by atoms with van der Waals surface area (Å²) >= 11 is 1.15. The molecule has 9 heteroatoms. The number of fused-ring (bicyclic) bond motifs is 1. The molecule has 2 aromatic carbocycles. The van der Waals surface area contributed by atoms with Crippen molar-refractivity contribution in [2.75, 3.05) is 19.5 Å². The summed E-state index contributed by atoms with van der Waals surface area (Å²) in [7, 11) is 2.98. The lowest BCUT2D eigenvalue weighted by atomic mass is 10.2. The first-order chi connectivity index (χ1) is 12.5. The van der Waals surface area contributed by atoms with Gasteiger partial charge in [0.2, 0.25) is 0 Å². The van der Waals surface area contributed by atoms with Gasteiger partial charge in [-0.1, -0.05) is 11.3 Å². The van der Waals surface area contributed by atoms with E-state index in [9.17, 15) is 13.6 Å². The van der Waals surface area contributed by atoms with Gasteiger partial charge in [0, 0.05) is 11.6 Å². The number of methoxy groups -OCH3 is 2. The number of halogens is 2. The lowest BCUT2D eigenvalue weighted by molar-refractivity contribution is -0.0497. The number of nitrogens with zero attached hydrogens (tertiary/aromatic N) is 1. The molecule has 3 aromatic rings. The third-order valence-corrected chi connectivity index (χ3v) is 4.35. The zero-order valence-corrected chi connectivity index (χ0v) is 14.6. The molecule has 0 aliphatic heterocycles. The number of nitrogens with one attached hydrogen (secondary N) is 1. The molecule has 0 fully saturated rings. The van der Waals surface area contributed by atoms with Gasteiger partial charge in [-0.3, -0.25) is 10.1 Å². The molecule has 0 saturated heterocycles. The molecule has 0 atom stereocenters. The second kappa shape index (κ2) is 7.52. The van der Waals surface area contributed by atoms with Crippen LogP contribution in [0.25, 0.3) is 10.2 Å². The Morgan fingerprint density at radius 2 is 1.77 bits per heavy atom. The topological polar surface area (TPSA) is 69.7 Å². The van der Waals surface area contributed by atoms with Crippen molar-refractivity contribution in [3.63, 3.8) is 0 Å². The molecule has 26 heavy (non-hydrogen) atoms. The van der Waals surface area contributed by atoms with Crippen LogP contribution < -0.4 is 19.5 Å². The molecule has 6 nitrogen and oxygen atoms in total. The van der Waals surface area contributed by atoms with E-state index in [1.807, 2.05) is 0 Å². The van der Waals surface area contributed by atoms with Gasteiger partial charge in [0.15, 0.2) is 5.13 Å². The van der Waals surface area contributed by atoms with Crippen LogP contribution in [0.15, 0.2) is 36.4 Å². The summed E-state index contributed by atoms with van der Waals surface area (Å²) in [5.41, 5.74) is 0.900. The third kappa shape index (κ3) is 3.99. The number of carbonyl (C=O) groups is 1. The van der Waals surface area contributed by atoms with Gasteiger partial charge >= 0.3 is 6.61 Å². The van der Waals surface area contributed by atoms with Crippen molar-refractivity contribution in [1.29, 1.82) is 0 Å². The van der Waals surface area contributed by atoms with Crippen LogP contribution >= 0.6 is 11.3 Å². The molecule has 1 N–H and O–H groups in total. The van der Waals surface area contributed by atoms with Gasteiger partial charge in [0.1, 0.15) is 17.2 Å². The molecule has 0 saturated carbocycles. The van der Waals surface area contributed by atoms with Crippen molar-refractivity contribution in [3.05, 3.63) is 42.0 Å². The van der Waals surface area contributed by atoms with E-state index in [0.29, 0.717) is 32.4 Å². The SMILES string of the molecule is COc1cc(OC)cc(C(=O)Nc2nc3ccc(OC(F)F)cc3s2)c1. The Hall–Kier alpha value is -2.94. The predicted octanol–water partition coefficient (Wildman–Crippen LogP) is 4.17. The van der Waals surface area contributed by atoms with Gasteiger partial charge in [-0.25, -0.2) is 4.98 Å². The first-order valence-corrected chi connectivity index (χ1v) is 8.20. The second-order valence-electron chi connectivity index (χ2n) is 5.08. The first-order valence-electron chi connectivity index (χ1n) is 7.38. The highest BCUT2D eigenvalue weighted by Crippen LogP contribution is 2.30. The number of hydrogen-bond donors (Lipinski definition) is 1. The highest BCUT2D eigenvalue weighted by Gasteiger charge is 2.14. The van der Waals surface area contributed by atoms with Crippen LogP contribution in [0.2, 0.25) is 0 Å². The van der Waals surface area contributed by atoms with Crippen LogP contribution in [0.4, 0.5) is 13.9 Å². The fourth-order valence-corrected chi connectivity index (χ4v) is 3.13. The Kier molecular flexibility index (Phi) is 5.17. The molecule has 136 valence electrons. The number of carbonyl (C=O) groups excluding carboxylic acids is 1. The third-order valence-electron chi connectivity index (χ3n) is 3.42. The minimum absolute atomic E-state index is 0.0339. The summed E-state index contributed by atoms with van der Waals surface area (Å²) < 4.78 is 39.9. The lowest BCUT2D eigenvalue weighted by Crippen LogP contribution is -2.12. The molecule has 0 aliphatic carbocycles. The van der Waals surface area contributed by atoms with Crippen molar-refractivity contribution in [2.45, 2.75) is 6.61 Å². The number of amides is 1. The fourth-order valence-electron chi connectivity index (χ4n) is 2.24. The van der Waals surface area contributed by atoms with Crippen LogP contribution in [0.5, 0.6) is 17.2 Å². The molecule has 0 unspecified atom stereocenters. The van der Waals surface area contributed by atoms with Crippen molar-refractivity contribution in [2.24, 2.45) is 0 Å². The number of benzene rings is 2. The molecule has 0 aliphatic rings. The number of aromatic nitrogens is 1. The second-order valence-corrected chi connectivity index (χ2v) is 6.11. The average molecular weight is 380 g/mol. The maximum absolute atomic E-state index is 12.5. The Morgan fingerprint density at radius 1 is 1.08 bits per heavy atom. The maximum atomic E-state index is 12.5. The molecular weight excluding hydrogens is 366 g/mol. The smallest absolute Gasteiger partial charge is 0.387 e. The van der Waals surface area contributed by atoms with Crippen LogP contribution in [-0.2, 0) is 0 Å². The zero-order valence-electron chi connectivity index (χ0n) is 13.8. The van der Waals surface area contributed by atoms with Crippen LogP contribution in [0.1, 0.15) is 10.4 Å². The van der Waals surface area contributed by atoms with Crippen LogP contribution in [0, 0.1) is 0 Å². The summed E-state index contributed by atoms with van der Waals surface area (Å²) in [5, 5.41) is 3.01. The molecule has 0 radical (unpaired) electrons. The lowest BCUT2D eigenvalue weighted by Gasteiger charge is -2.07. The van der Waals surface area contributed by atoms with Gasteiger partial charge < -0.3 is 14.2 Å². The normalized spacial score (nSPS) is 10.8. The largest absolute Gasteiger partial charge is 0.497 e. The maximum Gasteiger partial charge on any atom is 0.387 e. The van der Waals surface area contributed by atoms with Crippen molar-refractivity contribution >= 4 is 32.6 Å². The predicted molar refractivity (Wildman–Crippen MR) is 93.8 cm³/mol. The van der Waals surface area contributed by atoms with Crippen molar-refractivity contribution in [3.8, 4) is 17.2 Å². The van der Waals surface area contributed by atoms with E-state index in [1.165, 1.54) is 26.4 Å². The van der Waals surface area contributed by atoms with E-state index in [1.54, 1.807) is 24.3 Å². The summed E-state index contributed by atoms with van der Waals surface area (Å²) in [6, 6.07) is 9.18. The molecule has 1 amide bonds. The molecule has 1 aromatic heterocycles. The number of rotatable bonds is 6. The van der Waals surface area contributed by atoms with Gasteiger partial charge in [0.05, 0.1) is 24.4 Å². The average Bonchev–Trinajstić information content (AvgIpc) is 3.02. The monoisotopic (exact) mass is 380 g/mol. The minimum Gasteiger partial charge on any atom is -0.497 e. The molecule has 3 rings (SSSR count). The Bertz CT molecular complexity index is 923. The van der Waals surface area contributed by atoms with Gasteiger partial charge in [0.25, 0.3) is 5.91 Å². The number of hydrogen-bond acceptors (Lipinski definition) is 6. The minimum atomic E-state index is -2.90. The summed E-state index contributed by atoms with van der Waals surface area (Å²) in [6.07, 6.45) is 0. The Labute approximate surface area is 151 Å². The summed E-state index contributed by atoms with van der Waals surface area (Å²) in [6.45, 7) is -2.90. The van der Waals surface area contributed by atoms with E-state index < -0.39 is 12.5 Å². The van der Waals surface area contributed by atoms with E-state index in [4.69, 9.17) is 9.47 Å². The van der Waals surface area contributed by atoms with Gasteiger partial charge in [-0.05, 0) is 30.3 Å². The standard InChI is InChI=1S/C17H14F2N2O4S/c1-23-11-5-9(6-12(7-11)24-2)15(22)21-17-20-13-4-3-10(25-16(18)19)8-14(13)26-17/h3-8,16H,1-2H3,(H,20,21,22). The van der Waals surface area contributed by atoms with Gasteiger partial charge in [-0.2, -0.15) is 8.78 Å². The molecule has 1 heterocycles. The first kappa shape index (κ1) is 17.9. The highest BCUT2D eigenvalue weighted by atomic mass is 32.1. The number of anilines is 1. The number of thiazole rings is 1. The van der Waals surface area contributed by atoms with Crippen molar-refractivity contribution in [1.82, 2.24) is 4.98 Å². The Balaban J connectivity index is 1.83. The Morgan fingerprint density at radius 3 is 2.38 bits per heavy atom. The van der Waals surface area contributed by atoms with Gasteiger partial charge in [-0.15, -0.1) is 0 Å². The zero-order chi connectivity index (χ0) is 18.7. The summed E-state index contributed by atoms with van der Waals surface area (Å²) in [5.74, 6) is 0.594. The molecular formula is C17H14F2N2O4S. The van der Waals surface area contributed by atoms with E-state index in [0.717, 1.165) is 11.3 Å². The number of ether oxygens (including phenoxy) is 3. The van der Waals surface area contributed by atoms with E-state index in [-0.39, 0.29) is 5.75 Å². The molecule has 0 bridgehead atoms. The fraction of sp³-hybridized carbons (Fsp3) is 0.176.